The van der Waals surface area contributed by atoms with Crippen molar-refractivity contribution in [1.82, 2.24) is 5.32 Å². The normalized spacial score (nSPS) is 18.5. The van der Waals surface area contributed by atoms with Crippen molar-refractivity contribution in [3.63, 3.8) is 0 Å². The molecule has 1 fully saturated rings. The summed E-state index contributed by atoms with van der Waals surface area (Å²) in [6.45, 7) is 15.3. The van der Waals surface area contributed by atoms with Gasteiger partial charge in [0.2, 0.25) is 0 Å². The molecule has 0 aromatic heterocycles. The smallest absolute Gasteiger partial charge is 0.399 e. The molecule has 0 bridgehead atoms. The Hall–Kier alpha value is -2.50. The van der Waals surface area contributed by atoms with Crippen LogP contribution in [0.25, 0.3) is 0 Å². The van der Waals surface area contributed by atoms with E-state index in [4.69, 9.17) is 17.2 Å². The number of anilines is 1. The molecule has 2 N–H and O–H groups in total. The highest BCUT2D eigenvalue weighted by atomic mass is 16.7. The molecule has 1 aliphatic heterocycles. The second kappa shape index (κ2) is 8.67. The molecule has 2 rings (SSSR count). The fourth-order valence-corrected chi connectivity index (χ4v) is 2.41. The highest BCUT2D eigenvalue weighted by Crippen LogP contribution is 2.36. The number of allylic oxidation sites excluding steroid dienone is 5. The predicted molar refractivity (Wildman–Crippen MR) is 117 cm³/mol. The number of carbonyl (C=O) groups is 1. The number of hydrogen-bond donors (Lipinski definition) is 2. The molecular formula is C21H26B2N2O3. The number of nitrogens with one attached hydrogen (secondary N) is 2. The summed E-state index contributed by atoms with van der Waals surface area (Å²) in [6.07, 6.45) is 6.31. The van der Waals surface area contributed by atoms with E-state index in [0.717, 1.165) is 5.46 Å². The molecule has 0 saturated carbocycles. The van der Waals surface area contributed by atoms with Gasteiger partial charge >= 0.3 is 13.1 Å². The van der Waals surface area contributed by atoms with Crippen molar-refractivity contribution in [2.24, 2.45) is 0 Å². The van der Waals surface area contributed by atoms with E-state index in [2.05, 4.69) is 23.8 Å². The maximum absolute atomic E-state index is 12.2. The summed E-state index contributed by atoms with van der Waals surface area (Å²) in [5, 5.41) is 5.46. The number of benzene rings is 1. The van der Waals surface area contributed by atoms with Crippen LogP contribution < -0.4 is 16.1 Å². The molecule has 28 heavy (non-hydrogen) atoms. The number of amides is 2. The minimum Gasteiger partial charge on any atom is -0.399 e. The summed E-state index contributed by atoms with van der Waals surface area (Å²) in [7, 11) is 5.21. The van der Waals surface area contributed by atoms with Crippen LogP contribution in [0, 0.1) is 0 Å². The standard InChI is InChI=1S/C21H26B2N2O3/c1-7-15(22)9-12-17(8-2)24-19(26)25-18-13-10-16(11-14-18)23-27-20(3,4)21(5,6)28-23/h7-14H,1-2H2,3-6H3,(H2,24,25,26)/b15-9+,17-12+. The molecule has 0 atom stereocenters. The summed E-state index contributed by atoms with van der Waals surface area (Å²) < 4.78 is 12.1. The Morgan fingerprint density at radius 1 is 1.04 bits per heavy atom. The molecule has 1 heterocycles. The van der Waals surface area contributed by atoms with Gasteiger partial charge in [-0.3, -0.25) is 0 Å². The maximum atomic E-state index is 12.2. The molecular weight excluding hydrogens is 350 g/mol. The molecule has 1 saturated heterocycles. The van der Waals surface area contributed by atoms with Gasteiger partial charge in [0.1, 0.15) is 7.85 Å². The predicted octanol–water partition coefficient (Wildman–Crippen LogP) is 3.42. The van der Waals surface area contributed by atoms with Crippen LogP contribution in [-0.4, -0.2) is 32.2 Å². The molecule has 0 spiro atoms. The molecule has 1 aromatic rings. The number of urea groups is 1. The van der Waals surface area contributed by atoms with Gasteiger partial charge in [0.15, 0.2) is 0 Å². The van der Waals surface area contributed by atoms with Crippen LogP contribution in [-0.2, 0) is 9.31 Å². The van der Waals surface area contributed by atoms with Crippen molar-refractivity contribution in [1.29, 1.82) is 0 Å². The van der Waals surface area contributed by atoms with E-state index >= 15 is 0 Å². The highest BCUT2D eigenvalue weighted by molar-refractivity contribution is 6.62. The molecule has 1 aliphatic rings. The van der Waals surface area contributed by atoms with Crippen LogP contribution in [0.4, 0.5) is 10.5 Å². The molecule has 1 aromatic carbocycles. The van der Waals surface area contributed by atoms with Gasteiger partial charge in [0.25, 0.3) is 0 Å². The van der Waals surface area contributed by atoms with Gasteiger partial charge in [-0.15, -0.1) is 0 Å². The van der Waals surface area contributed by atoms with Crippen molar-refractivity contribution in [2.75, 3.05) is 5.32 Å². The van der Waals surface area contributed by atoms with Gasteiger partial charge in [-0.1, -0.05) is 42.9 Å². The fraction of sp³-hybridized carbons (Fsp3) is 0.286. The van der Waals surface area contributed by atoms with E-state index in [1.54, 1.807) is 24.3 Å². The van der Waals surface area contributed by atoms with Crippen LogP contribution >= 0.6 is 0 Å². The monoisotopic (exact) mass is 376 g/mol. The zero-order valence-electron chi connectivity index (χ0n) is 16.9. The highest BCUT2D eigenvalue weighted by Gasteiger charge is 2.51. The first kappa shape index (κ1) is 21.8. The lowest BCUT2D eigenvalue weighted by atomic mass is 9.79. The first-order valence-corrected chi connectivity index (χ1v) is 9.04. The summed E-state index contributed by atoms with van der Waals surface area (Å²) in [6, 6.07) is 6.95. The van der Waals surface area contributed by atoms with E-state index in [0.29, 0.717) is 16.9 Å². The summed E-state index contributed by atoms with van der Waals surface area (Å²) in [5.74, 6) is 0. The average Bonchev–Trinajstić information content (AvgIpc) is 2.86. The largest absolute Gasteiger partial charge is 0.494 e. The van der Waals surface area contributed by atoms with E-state index in [1.165, 1.54) is 12.2 Å². The summed E-state index contributed by atoms with van der Waals surface area (Å²) in [4.78, 5) is 12.2. The van der Waals surface area contributed by atoms with Crippen LogP contribution in [0.2, 0.25) is 0 Å². The van der Waals surface area contributed by atoms with E-state index < -0.39 is 18.3 Å². The van der Waals surface area contributed by atoms with E-state index in [-0.39, 0.29) is 6.03 Å². The Balaban J connectivity index is 2.00. The van der Waals surface area contributed by atoms with Crippen LogP contribution in [0.15, 0.2) is 72.9 Å². The third kappa shape index (κ3) is 5.27. The Labute approximate surface area is 169 Å². The molecule has 2 radical (unpaired) electrons. The topological polar surface area (TPSA) is 59.6 Å². The quantitative estimate of drug-likeness (QED) is 0.591. The number of hydrogen-bond acceptors (Lipinski definition) is 3. The summed E-state index contributed by atoms with van der Waals surface area (Å²) in [5.41, 5.74) is 1.73. The maximum Gasteiger partial charge on any atom is 0.494 e. The Kier molecular flexibility index (Phi) is 6.75. The Bertz CT molecular complexity index is 795. The zero-order valence-corrected chi connectivity index (χ0v) is 16.9. The molecule has 0 aliphatic carbocycles. The molecule has 144 valence electrons. The fourth-order valence-electron chi connectivity index (χ4n) is 2.41. The summed E-state index contributed by atoms with van der Waals surface area (Å²) >= 11 is 0. The first-order valence-electron chi connectivity index (χ1n) is 9.04. The number of carbonyl (C=O) groups excluding carboxylic acids is 1. The first-order chi connectivity index (χ1) is 13.1. The van der Waals surface area contributed by atoms with Crippen molar-refractivity contribution >= 4 is 32.1 Å². The third-order valence-electron chi connectivity index (χ3n) is 4.86. The SMILES string of the molecule is [B]/C(C=C)=C/C=C(\C=C)NC(=O)Nc1ccc(B2OC(C)(C)C(C)(C)O2)cc1. The second-order valence-electron chi connectivity index (χ2n) is 7.49. The van der Waals surface area contributed by atoms with Crippen molar-refractivity contribution < 1.29 is 14.1 Å². The van der Waals surface area contributed by atoms with E-state index in [9.17, 15) is 4.79 Å². The van der Waals surface area contributed by atoms with Crippen molar-refractivity contribution in [3.8, 4) is 0 Å². The molecule has 2 amide bonds. The lowest BCUT2D eigenvalue weighted by Gasteiger charge is -2.32. The Morgan fingerprint density at radius 3 is 2.11 bits per heavy atom. The van der Waals surface area contributed by atoms with Crippen LogP contribution in [0.5, 0.6) is 0 Å². The van der Waals surface area contributed by atoms with Crippen LogP contribution in [0.1, 0.15) is 27.7 Å². The van der Waals surface area contributed by atoms with Gasteiger partial charge in [-0.25, -0.2) is 4.79 Å². The molecule has 7 heteroatoms. The number of rotatable bonds is 6. The lowest BCUT2D eigenvalue weighted by molar-refractivity contribution is 0.00578. The van der Waals surface area contributed by atoms with Gasteiger partial charge in [-0.05, 0) is 57.4 Å². The lowest BCUT2D eigenvalue weighted by Crippen LogP contribution is -2.41. The zero-order chi connectivity index (χ0) is 20.9. The minimum atomic E-state index is -0.440. The molecule has 0 unspecified atom stereocenters. The molecule has 5 nitrogen and oxygen atoms in total. The van der Waals surface area contributed by atoms with Gasteiger partial charge in [0, 0.05) is 11.4 Å². The third-order valence-corrected chi connectivity index (χ3v) is 4.86. The van der Waals surface area contributed by atoms with Gasteiger partial charge in [0.05, 0.1) is 11.2 Å². The van der Waals surface area contributed by atoms with Gasteiger partial charge in [-0.2, -0.15) is 0 Å². The van der Waals surface area contributed by atoms with Crippen molar-refractivity contribution in [2.45, 2.75) is 38.9 Å². The van der Waals surface area contributed by atoms with Crippen molar-refractivity contribution in [3.05, 3.63) is 72.9 Å². The Morgan fingerprint density at radius 2 is 1.61 bits per heavy atom. The van der Waals surface area contributed by atoms with Crippen LogP contribution in [0.3, 0.4) is 0 Å². The second-order valence-corrected chi connectivity index (χ2v) is 7.49. The average molecular weight is 376 g/mol. The minimum absolute atomic E-state index is 0.389. The van der Waals surface area contributed by atoms with Gasteiger partial charge < -0.3 is 19.9 Å². The van der Waals surface area contributed by atoms with E-state index in [1.807, 2.05) is 39.8 Å².